The molecule has 1 rings (SSSR count). The maximum absolute atomic E-state index is 11.8. The number of halogens is 2. The van der Waals surface area contributed by atoms with Gasteiger partial charge in [-0.3, -0.25) is 0 Å². The molecule has 0 fully saturated rings. The first-order chi connectivity index (χ1) is 5.74. The molecule has 68 valence electrons. The van der Waals surface area contributed by atoms with Gasteiger partial charge in [0, 0.05) is 0 Å². The highest BCUT2D eigenvalue weighted by Gasteiger charge is 2.12. The summed E-state index contributed by atoms with van der Waals surface area (Å²) in [4.78, 5) is 0. The van der Waals surface area contributed by atoms with Gasteiger partial charge in [0.2, 0.25) is 5.16 Å². The number of aliphatic hydroxyl groups is 1. The maximum Gasteiger partial charge on any atom is 0.291 e. The van der Waals surface area contributed by atoms with E-state index in [2.05, 4.69) is 15.5 Å². The number of aromatic nitrogens is 4. The van der Waals surface area contributed by atoms with Crippen molar-refractivity contribution in [3.63, 3.8) is 0 Å². The van der Waals surface area contributed by atoms with Gasteiger partial charge in [-0.1, -0.05) is 0 Å². The molecule has 0 atom stereocenters. The van der Waals surface area contributed by atoms with Crippen molar-refractivity contribution in [3.8, 4) is 0 Å². The van der Waals surface area contributed by atoms with Gasteiger partial charge in [0.1, 0.15) is 0 Å². The number of thioether (sulfide) groups is 1. The molecule has 5 nitrogen and oxygen atoms in total. The zero-order chi connectivity index (χ0) is 8.97. The number of aliphatic hydroxyl groups excluding tert-OH is 1. The van der Waals surface area contributed by atoms with E-state index in [0.717, 1.165) is 4.68 Å². The lowest BCUT2D eigenvalue weighted by Crippen LogP contribution is -2.06. The lowest BCUT2D eigenvalue weighted by atomic mass is 10.7. The van der Waals surface area contributed by atoms with E-state index in [-0.39, 0.29) is 30.1 Å². The minimum atomic E-state index is -2.55. The minimum Gasteiger partial charge on any atom is -0.394 e. The Balaban J connectivity index is 2.63. The first-order valence-electron chi connectivity index (χ1n) is 3.06. The zero-order valence-electron chi connectivity index (χ0n) is 5.89. The van der Waals surface area contributed by atoms with Gasteiger partial charge in [0.25, 0.3) is 5.76 Å². The van der Waals surface area contributed by atoms with E-state index in [1.165, 1.54) is 0 Å². The molecule has 1 heterocycles. The molecule has 0 saturated heterocycles. The summed E-state index contributed by atoms with van der Waals surface area (Å²) in [6.07, 6.45) is 0. The highest BCUT2D eigenvalue weighted by atomic mass is 32.2. The van der Waals surface area contributed by atoms with Crippen LogP contribution in [-0.2, 0) is 6.54 Å². The lowest BCUT2D eigenvalue weighted by molar-refractivity contribution is 0.247. The summed E-state index contributed by atoms with van der Waals surface area (Å²) in [7, 11) is 0. The highest BCUT2D eigenvalue weighted by molar-refractivity contribution is 7.99. The Morgan fingerprint density at radius 3 is 2.92 bits per heavy atom. The molecule has 0 unspecified atom stereocenters. The Kier molecular flexibility index (Phi) is 3.35. The number of rotatable bonds is 4. The molecule has 0 aliphatic carbocycles. The van der Waals surface area contributed by atoms with Crippen LogP contribution in [0.5, 0.6) is 0 Å². The SMILES string of the molecule is OCCn1nnnc1SC(F)F. The molecule has 0 spiro atoms. The summed E-state index contributed by atoms with van der Waals surface area (Å²) < 4.78 is 24.7. The van der Waals surface area contributed by atoms with Crippen molar-refractivity contribution in [1.82, 2.24) is 20.2 Å². The average Bonchev–Trinajstić information content (AvgIpc) is 2.37. The number of tetrazole rings is 1. The Labute approximate surface area is 70.8 Å². The molecule has 0 amide bonds. The molecular formula is C4H6F2N4OS. The van der Waals surface area contributed by atoms with E-state index in [1.807, 2.05) is 0 Å². The number of alkyl halides is 2. The predicted molar refractivity (Wildman–Crippen MR) is 36.8 cm³/mol. The summed E-state index contributed by atoms with van der Waals surface area (Å²) in [5.41, 5.74) is 0. The van der Waals surface area contributed by atoms with Gasteiger partial charge in [-0.2, -0.15) is 8.78 Å². The highest BCUT2D eigenvalue weighted by Crippen LogP contribution is 2.21. The van der Waals surface area contributed by atoms with Gasteiger partial charge in [-0.15, -0.1) is 5.10 Å². The van der Waals surface area contributed by atoms with Crippen molar-refractivity contribution in [3.05, 3.63) is 0 Å². The third-order valence-corrected chi connectivity index (χ3v) is 1.69. The average molecular weight is 196 g/mol. The molecule has 1 N–H and O–H groups in total. The summed E-state index contributed by atoms with van der Waals surface area (Å²) in [6.45, 7) is -0.0517. The van der Waals surface area contributed by atoms with Crippen LogP contribution >= 0.6 is 11.8 Å². The maximum atomic E-state index is 11.8. The molecule has 0 saturated carbocycles. The van der Waals surface area contributed by atoms with E-state index in [4.69, 9.17) is 5.11 Å². The van der Waals surface area contributed by atoms with Gasteiger partial charge >= 0.3 is 0 Å². The van der Waals surface area contributed by atoms with Gasteiger partial charge in [-0.25, -0.2) is 4.68 Å². The Morgan fingerprint density at radius 2 is 2.33 bits per heavy atom. The third-order valence-electron chi connectivity index (χ3n) is 1.01. The van der Waals surface area contributed by atoms with Crippen molar-refractivity contribution in [2.24, 2.45) is 0 Å². The number of hydrogen-bond donors (Lipinski definition) is 1. The van der Waals surface area contributed by atoms with E-state index in [9.17, 15) is 8.78 Å². The molecule has 1 aromatic rings. The Morgan fingerprint density at radius 1 is 1.58 bits per heavy atom. The fourth-order valence-corrected chi connectivity index (χ4v) is 1.09. The summed E-state index contributed by atoms with van der Waals surface area (Å²) in [5, 5.41) is 18.4. The van der Waals surface area contributed by atoms with Crippen molar-refractivity contribution < 1.29 is 13.9 Å². The van der Waals surface area contributed by atoms with Crippen LogP contribution < -0.4 is 0 Å². The predicted octanol–water partition coefficient (Wildman–Crippen LogP) is -0.0199. The fraction of sp³-hybridized carbons (Fsp3) is 0.750. The van der Waals surface area contributed by atoms with E-state index >= 15 is 0 Å². The van der Waals surface area contributed by atoms with Crippen molar-refractivity contribution in [2.45, 2.75) is 17.5 Å². The number of hydrogen-bond acceptors (Lipinski definition) is 5. The van der Waals surface area contributed by atoms with E-state index < -0.39 is 5.76 Å². The summed E-state index contributed by atoms with van der Waals surface area (Å²) in [5.74, 6) is -2.55. The van der Waals surface area contributed by atoms with Gasteiger partial charge < -0.3 is 5.11 Å². The molecule has 0 bridgehead atoms. The van der Waals surface area contributed by atoms with E-state index in [1.54, 1.807) is 0 Å². The van der Waals surface area contributed by atoms with Crippen LogP contribution in [0.3, 0.4) is 0 Å². The minimum absolute atomic E-state index is 0.0130. The largest absolute Gasteiger partial charge is 0.394 e. The molecule has 0 aliphatic rings. The molecule has 0 aliphatic heterocycles. The smallest absolute Gasteiger partial charge is 0.291 e. The van der Waals surface area contributed by atoms with Gasteiger partial charge in [0.15, 0.2) is 0 Å². The summed E-state index contributed by atoms with van der Waals surface area (Å²) >= 11 is 0.254. The fourth-order valence-electron chi connectivity index (χ4n) is 0.596. The lowest BCUT2D eigenvalue weighted by Gasteiger charge is -1.99. The van der Waals surface area contributed by atoms with Crippen molar-refractivity contribution in [1.29, 1.82) is 0 Å². The first kappa shape index (κ1) is 9.33. The van der Waals surface area contributed by atoms with Crippen LogP contribution in [0, 0.1) is 0 Å². The molecule has 0 radical (unpaired) electrons. The second-order valence-electron chi connectivity index (χ2n) is 1.79. The number of nitrogens with zero attached hydrogens (tertiary/aromatic N) is 4. The van der Waals surface area contributed by atoms with Gasteiger partial charge in [-0.05, 0) is 22.2 Å². The zero-order valence-corrected chi connectivity index (χ0v) is 6.71. The molecule has 0 aromatic carbocycles. The van der Waals surface area contributed by atoms with Crippen LogP contribution in [0.2, 0.25) is 0 Å². The first-order valence-corrected chi connectivity index (χ1v) is 3.94. The molecule has 8 heteroatoms. The molecule has 1 aromatic heterocycles. The second kappa shape index (κ2) is 4.31. The van der Waals surface area contributed by atoms with Crippen LogP contribution in [0.1, 0.15) is 0 Å². The standard InChI is InChI=1S/C4H6F2N4OS/c5-3(6)12-4-7-8-9-10(4)1-2-11/h3,11H,1-2H2. The Bertz CT molecular complexity index is 243. The Hall–Kier alpha value is -0.760. The van der Waals surface area contributed by atoms with Crippen LogP contribution in [0.15, 0.2) is 5.16 Å². The van der Waals surface area contributed by atoms with Gasteiger partial charge in [0.05, 0.1) is 13.2 Å². The van der Waals surface area contributed by atoms with E-state index in [0.29, 0.717) is 0 Å². The van der Waals surface area contributed by atoms with Crippen molar-refractivity contribution >= 4 is 11.8 Å². The monoisotopic (exact) mass is 196 g/mol. The topological polar surface area (TPSA) is 63.8 Å². The summed E-state index contributed by atoms with van der Waals surface area (Å²) in [6, 6.07) is 0. The third kappa shape index (κ3) is 2.38. The molecular weight excluding hydrogens is 190 g/mol. The van der Waals surface area contributed by atoms with Crippen molar-refractivity contribution in [2.75, 3.05) is 6.61 Å². The van der Waals surface area contributed by atoms with Crippen LogP contribution in [-0.4, -0.2) is 37.7 Å². The van der Waals surface area contributed by atoms with Crippen LogP contribution in [0.25, 0.3) is 0 Å². The van der Waals surface area contributed by atoms with Crippen LogP contribution in [0.4, 0.5) is 8.78 Å². The molecule has 12 heavy (non-hydrogen) atoms. The normalized spacial score (nSPS) is 11.0. The quantitative estimate of drug-likeness (QED) is 0.685. The second-order valence-corrected chi connectivity index (χ2v) is 2.74.